The van der Waals surface area contributed by atoms with Crippen molar-refractivity contribution in [2.45, 2.75) is 0 Å². The molecule has 0 saturated carbocycles. The molecule has 0 saturated heterocycles. The fourth-order valence-electron chi connectivity index (χ4n) is 0. The Labute approximate surface area is 50.1 Å². The molecule has 0 bridgehead atoms. The van der Waals surface area contributed by atoms with E-state index in [1.54, 1.807) is 0 Å². The Morgan fingerprint density at radius 1 is 1.00 bits per heavy atom. The molecule has 5 heavy (non-hydrogen) atoms. The smallest absolute Gasteiger partial charge is 0 e. The van der Waals surface area contributed by atoms with E-state index in [9.17, 15) is 0 Å². The van der Waals surface area contributed by atoms with Crippen molar-refractivity contribution < 1.29 is 49.7 Å². The van der Waals surface area contributed by atoms with Gasteiger partial charge in [-0.15, -0.1) is 0 Å². The van der Waals surface area contributed by atoms with Crippen LogP contribution in [0.5, 0.6) is 0 Å². The first-order valence-corrected chi connectivity index (χ1v) is 0.365. The number of rotatable bonds is 0. The molecule has 5 heteroatoms. The summed E-state index contributed by atoms with van der Waals surface area (Å²) in [4.78, 5) is 0. The molecule has 0 aromatic heterocycles. The van der Waals surface area contributed by atoms with E-state index in [1.807, 2.05) is 0 Å². The summed E-state index contributed by atoms with van der Waals surface area (Å²) >= 11 is 0. The average molecular weight is 162 g/mol. The van der Waals surface area contributed by atoms with Gasteiger partial charge in [0, 0.05) is 34.1 Å². The van der Waals surface area contributed by atoms with Crippen LogP contribution in [0, 0.1) is 0 Å². The Kier molecular flexibility index (Phi) is 69.0. The fourth-order valence-corrected chi connectivity index (χ4v) is 0. The maximum Gasteiger partial charge on any atom is 0 e. The van der Waals surface area contributed by atoms with Crippen LogP contribution >= 0.6 is 0 Å². The summed E-state index contributed by atoms with van der Waals surface area (Å²) in [6.45, 7) is 0. The minimum atomic E-state index is 0. The molecule has 0 aliphatic carbocycles. The molecule has 2 N–H and O–H groups in total. The number of hydrogen-bond donors (Lipinski definition) is 2. The Balaban J connectivity index is -0.0000000200. The normalized spacial score (nSPS) is 3.60. The molecule has 0 amide bonds. The van der Waals surface area contributed by atoms with Gasteiger partial charge in [-0.25, -0.2) is 10.5 Å². The fraction of sp³-hybridized carbons (Fsp3) is 0. The monoisotopic (exact) mass is 162 g/mol. The predicted molar refractivity (Wildman–Crippen MR) is 6.34 cm³/mol. The quantitative estimate of drug-likeness (QED) is 0.298. The Bertz CT molecular complexity index is 4.85. The SMILES string of the molecule is OOO.[Fe].[Fe]. The summed E-state index contributed by atoms with van der Waals surface area (Å²) in [5.74, 6) is 0. The van der Waals surface area contributed by atoms with E-state index in [-0.39, 0.29) is 34.1 Å². The van der Waals surface area contributed by atoms with Crippen LogP contribution in [-0.4, -0.2) is 10.5 Å². The van der Waals surface area contributed by atoms with Gasteiger partial charge < -0.3 is 0 Å². The third kappa shape index (κ3) is 49.6. The van der Waals surface area contributed by atoms with E-state index in [4.69, 9.17) is 10.5 Å². The van der Waals surface area contributed by atoms with Gasteiger partial charge >= 0.3 is 0 Å². The first-order chi connectivity index (χ1) is 1.41. The van der Waals surface area contributed by atoms with Gasteiger partial charge in [0.25, 0.3) is 0 Å². The molecule has 0 atom stereocenters. The minimum Gasteiger partial charge on any atom is -0.221 e. The van der Waals surface area contributed by atoms with Crippen molar-refractivity contribution in [2.75, 3.05) is 0 Å². The van der Waals surface area contributed by atoms with E-state index in [0.717, 1.165) is 0 Å². The average Bonchev–Trinajstić information content (AvgIpc) is 0.918. The van der Waals surface area contributed by atoms with Crippen LogP contribution in [0.4, 0.5) is 0 Å². The van der Waals surface area contributed by atoms with Crippen LogP contribution < -0.4 is 0 Å². The van der Waals surface area contributed by atoms with Gasteiger partial charge in [-0.05, 0) is 0 Å². The summed E-state index contributed by atoms with van der Waals surface area (Å²) in [7, 11) is 0. The van der Waals surface area contributed by atoms with Gasteiger partial charge in [-0.2, -0.15) is 0 Å². The molecule has 0 aromatic carbocycles. The van der Waals surface area contributed by atoms with E-state index in [2.05, 4.69) is 5.04 Å². The minimum absolute atomic E-state index is 0. The first kappa shape index (κ1) is 16.8. The summed E-state index contributed by atoms with van der Waals surface area (Å²) in [6.07, 6.45) is 0. The van der Waals surface area contributed by atoms with Crippen molar-refractivity contribution in [1.82, 2.24) is 0 Å². The van der Waals surface area contributed by atoms with Crippen LogP contribution in [0.1, 0.15) is 0 Å². The Morgan fingerprint density at radius 3 is 1.00 bits per heavy atom. The van der Waals surface area contributed by atoms with E-state index in [1.165, 1.54) is 0 Å². The summed E-state index contributed by atoms with van der Waals surface area (Å²) in [5, 5.41) is 15.5. The molecular weight excluding hydrogens is 160 g/mol. The number of hydrogen-bond acceptors (Lipinski definition) is 3. The second-order valence-corrected chi connectivity index (χ2v) is 0.0816. The zero-order chi connectivity index (χ0) is 2.71. The van der Waals surface area contributed by atoms with Gasteiger partial charge in [0.1, 0.15) is 0 Å². The van der Waals surface area contributed by atoms with Gasteiger partial charge in [-0.3, -0.25) is 0 Å². The Hall–Kier alpha value is 0.919. The molecule has 0 aliphatic rings. The van der Waals surface area contributed by atoms with Crippen LogP contribution in [0.25, 0.3) is 0 Å². The van der Waals surface area contributed by atoms with Crippen LogP contribution in [0.15, 0.2) is 0 Å². The molecule has 0 fully saturated rings. The molecule has 36 valence electrons. The molecule has 0 unspecified atom stereocenters. The van der Waals surface area contributed by atoms with Crippen molar-refractivity contribution >= 4 is 0 Å². The molecule has 0 spiro atoms. The molecule has 0 radical (unpaired) electrons. The first-order valence-electron chi connectivity index (χ1n) is 0.365. The van der Waals surface area contributed by atoms with E-state index < -0.39 is 0 Å². The molecule has 0 rings (SSSR count). The topological polar surface area (TPSA) is 49.7 Å². The van der Waals surface area contributed by atoms with Gasteiger partial charge in [0.2, 0.25) is 0 Å². The standard InChI is InChI=1S/2Fe.H2O3/c;;1-3-2/h;;1-2H. The van der Waals surface area contributed by atoms with E-state index in [0.29, 0.717) is 0 Å². The third-order valence-electron chi connectivity index (χ3n) is 0. The van der Waals surface area contributed by atoms with Crippen LogP contribution in [0.2, 0.25) is 0 Å². The molecule has 0 aromatic rings. The third-order valence-corrected chi connectivity index (χ3v) is 0. The molecule has 3 nitrogen and oxygen atoms in total. The molecule has 0 heterocycles. The van der Waals surface area contributed by atoms with Crippen molar-refractivity contribution in [3.63, 3.8) is 0 Å². The molecule has 0 aliphatic heterocycles. The molecular formula is H2Fe2O3. The van der Waals surface area contributed by atoms with Crippen LogP contribution in [0.3, 0.4) is 0 Å². The zero-order valence-electron chi connectivity index (χ0n) is 2.01. The largest absolute Gasteiger partial charge is 0.221 e. The summed E-state index contributed by atoms with van der Waals surface area (Å²) < 4.78 is 0. The summed E-state index contributed by atoms with van der Waals surface area (Å²) in [5.41, 5.74) is 0. The maximum absolute atomic E-state index is 6.62. The van der Waals surface area contributed by atoms with E-state index >= 15 is 0 Å². The van der Waals surface area contributed by atoms with Crippen molar-refractivity contribution in [2.24, 2.45) is 0 Å². The second-order valence-electron chi connectivity index (χ2n) is 0.0816. The van der Waals surface area contributed by atoms with Crippen LogP contribution in [-0.2, 0) is 39.2 Å². The second kappa shape index (κ2) is 20.5. The van der Waals surface area contributed by atoms with Gasteiger partial charge in [0.05, 0.1) is 0 Å². The summed E-state index contributed by atoms with van der Waals surface area (Å²) in [6, 6.07) is 0. The predicted octanol–water partition coefficient (Wildman–Crippen LogP) is -0.0560. The van der Waals surface area contributed by atoms with Gasteiger partial charge in [-0.1, -0.05) is 5.04 Å². The van der Waals surface area contributed by atoms with Gasteiger partial charge in [0.15, 0.2) is 0 Å². The maximum atomic E-state index is 6.62. The zero-order valence-corrected chi connectivity index (χ0v) is 4.22. The van der Waals surface area contributed by atoms with Crippen molar-refractivity contribution in [1.29, 1.82) is 0 Å². The Morgan fingerprint density at radius 2 is 1.00 bits per heavy atom. The van der Waals surface area contributed by atoms with Crippen molar-refractivity contribution in [3.05, 3.63) is 0 Å². The van der Waals surface area contributed by atoms with Crippen molar-refractivity contribution in [3.8, 4) is 0 Å².